The lowest BCUT2D eigenvalue weighted by molar-refractivity contribution is -0.0448. The number of hydrogen-bond acceptors (Lipinski definition) is 9. The third kappa shape index (κ3) is 5.88. The number of halogens is 2. The molecule has 1 aliphatic rings. The van der Waals surface area contributed by atoms with Gasteiger partial charge in [0.1, 0.15) is 18.8 Å². The maximum Gasteiger partial charge on any atom is 0.340 e. The molecular weight excluding hydrogens is 531 g/mol. The van der Waals surface area contributed by atoms with Crippen molar-refractivity contribution in [1.82, 2.24) is 19.5 Å². The predicted molar refractivity (Wildman–Crippen MR) is 122 cm³/mol. The van der Waals surface area contributed by atoms with Crippen LogP contribution in [0, 0.1) is 0 Å². The third-order valence-electron chi connectivity index (χ3n) is 5.18. The van der Waals surface area contributed by atoms with Gasteiger partial charge in [0.15, 0.2) is 22.9 Å². The average Bonchev–Trinajstić information content (AvgIpc) is 3.32. The van der Waals surface area contributed by atoms with Gasteiger partial charge < -0.3 is 34.4 Å². The van der Waals surface area contributed by atoms with Crippen LogP contribution in [0.5, 0.6) is 0 Å². The lowest BCUT2D eigenvalue weighted by atomic mass is 10.1. The first-order chi connectivity index (χ1) is 16.4. The molecular formula is C18H21ClFN5O8P2. The normalized spacial score (nSPS) is 24.5. The molecule has 0 spiro atoms. The summed E-state index contributed by atoms with van der Waals surface area (Å²) in [4.78, 5) is 39.6. The molecule has 1 aliphatic heterocycles. The van der Waals surface area contributed by atoms with Crippen molar-refractivity contribution in [1.29, 1.82) is 0 Å². The Morgan fingerprint density at radius 3 is 2.66 bits per heavy atom. The van der Waals surface area contributed by atoms with E-state index >= 15 is 4.39 Å². The number of fused-ring (bicyclic) bond motifs is 1. The fourth-order valence-corrected chi connectivity index (χ4v) is 6.28. The Kier molecular flexibility index (Phi) is 7.31. The number of alkyl halides is 1. The van der Waals surface area contributed by atoms with E-state index in [1.54, 1.807) is 0 Å². The molecule has 13 nitrogen and oxygen atoms in total. The van der Waals surface area contributed by atoms with E-state index in [0.29, 0.717) is 6.54 Å². The number of aromatic nitrogens is 4. The highest BCUT2D eigenvalue weighted by atomic mass is 35.5. The molecule has 0 saturated carbocycles. The number of anilines is 1. The molecule has 0 aliphatic carbocycles. The minimum absolute atomic E-state index is 0.0402. The monoisotopic (exact) mass is 551 g/mol. The molecule has 1 aromatic carbocycles. The highest BCUT2D eigenvalue weighted by molar-refractivity contribution is 7.70. The van der Waals surface area contributed by atoms with Crippen molar-refractivity contribution in [2.45, 2.75) is 24.5 Å². The topological polar surface area (TPSA) is 189 Å². The molecule has 17 heteroatoms. The van der Waals surface area contributed by atoms with Crippen molar-refractivity contribution in [2.24, 2.45) is 0 Å². The van der Waals surface area contributed by atoms with Gasteiger partial charge in [-0.05, 0) is 17.2 Å². The van der Waals surface area contributed by atoms with Gasteiger partial charge in [0, 0.05) is 6.54 Å². The molecule has 1 saturated heterocycles. The van der Waals surface area contributed by atoms with Crippen LogP contribution in [0.3, 0.4) is 0 Å². The fourth-order valence-electron chi connectivity index (χ4n) is 3.55. The van der Waals surface area contributed by atoms with Crippen LogP contribution in [0.2, 0.25) is 5.28 Å². The summed E-state index contributed by atoms with van der Waals surface area (Å²) in [5.41, 5.74) is 1.08. The van der Waals surface area contributed by atoms with Crippen LogP contribution in [-0.2, 0) is 30.7 Å². The Balaban J connectivity index is 1.54. The van der Waals surface area contributed by atoms with E-state index in [9.17, 15) is 19.1 Å². The fraction of sp³-hybridized carbons (Fsp3) is 0.389. The zero-order chi connectivity index (χ0) is 25.4. The summed E-state index contributed by atoms with van der Waals surface area (Å²) in [5.74, 6) is -3.80. The Hall–Kier alpha value is -1.99. The molecule has 4 atom stereocenters. The van der Waals surface area contributed by atoms with Crippen LogP contribution in [0.25, 0.3) is 11.2 Å². The Morgan fingerprint density at radius 1 is 1.26 bits per heavy atom. The minimum Gasteiger partial charge on any atom is -0.385 e. The lowest BCUT2D eigenvalue weighted by Crippen LogP contribution is -2.43. The summed E-state index contributed by atoms with van der Waals surface area (Å²) >= 11 is 6.04. The highest BCUT2D eigenvalue weighted by Crippen LogP contribution is 2.55. The zero-order valence-electron chi connectivity index (χ0n) is 17.8. The lowest BCUT2D eigenvalue weighted by Gasteiger charge is -2.25. The number of aliphatic hydroxyl groups excluding tert-OH is 1. The van der Waals surface area contributed by atoms with Gasteiger partial charge >= 0.3 is 15.2 Å². The van der Waals surface area contributed by atoms with Gasteiger partial charge in [-0.3, -0.25) is 13.7 Å². The Morgan fingerprint density at radius 2 is 1.97 bits per heavy atom. The van der Waals surface area contributed by atoms with Gasteiger partial charge in [-0.1, -0.05) is 30.3 Å². The molecule has 4 rings (SSSR count). The van der Waals surface area contributed by atoms with Gasteiger partial charge in [0.25, 0.3) is 0 Å². The second-order valence-electron chi connectivity index (χ2n) is 7.82. The molecule has 5 N–H and O–H groups in total. The van der Waals surface area contributed by atoms with Gasteiger partial charge in [0.05, 0.1) is 12.9 Å². The molecule has 1 fully saturated rings. The van der Waals surface area contributed by atoms with E-state index in [1.807, 2.05) is 30.3 Å². The summed E-state index contributed by atoms with van der Waals surface area (Å²) in [5, 5.41) is 13.5. The first-order valence-electron chi connectivity index (χ1n) is 10.1. The average molecular weight is 552 g/mol. The molecule has 2 aromatic heterocycles. The molecule has 190 valence electrons. The largest absolute Gasteiger partial charge is 0.385 e. The summed E-state index contributed by atoms with van der Waals surface area (Å²) in [6.45, 7) is -1.12. The first kappa shape index (κ1) is 26.1. The molecule has 0 radical (unpaired) electrons. The van der Waals surface area contributed by atoms with Crippen LogP contribution in [0.1, 0.15) is 5.56 Å². The number of nitrogens with one attached hydrogen (secondary N) is 1. The summed E-state index contributed by atoms with van der Waals surface area (Å²) in [6, 6.07) is 9.38. The Labute approximate surface area is 202 Å². The molecule has 0 bridgehead atoms. The molecule has 35 heavy (non-hydrogen) atoms. The van der Waals surface area contributed by atoms with Gasteiger partial charge in [-0.2, -0.15) is 9.97 Å². The number of rotatable bonds is 9. The number of benzene rings is 1. The predicted octanol–water partition coefficient (Wildman–Crippen LogP) is 1.81. The van der Waals surface area contributed by atoms with E-state index in [1.165, 1.54) is 0 Å². The number of hydrogen-bond donors (Lipinski definition) is 5. The minimum atomic E-state index is -4.85. The van der Waals surface area contributed by atoms with Crippen LogP contribution in [0.15, 0.2) is 36.7 Å². The van der Waals surface area contributed by atoms with Crippen molar-refractivity contribution < 1.29 is 42.6 Å². The van der Waals surface area contributed by atoms with E-state index < -0.39 is 52.3 Å². The van der Waals surface area contributed by atoms with E-state index in [2.05, 4.69) is 24.8 Å². The van der Waals surface area contributed by atoms with Crippen molar-refractivity contribution >= 4 is 43.8 Å². The van der Waals surface area contributed by atoms with Gasteiger partial charge in [0.2, 0.25) is 11.1 Å². The second kappa shape index (κ2) is 9.81. The summed E-state index contributed by atoms with van der Waals surface area (Å²) in [6.07, 6.45) is -2.25. The smallest absolute Gasteiger partial charge is 0.340 e. The quantitative estimate of drug-likeness (QED) is 0.192. The number of ether oxygens (including phenoxy) is 1. The molecule has 3 heterocycles. The van der Waals surface area contributed by atoms with Crippen molar-refractivity contribution in [3.63, 3.8) is 0 Å². The third-order valence-corrected chi connectivity index (χ3v) is 8.81. The first-order valence-corrected chi connectivity index (χ1v) is 14.0. The van der Waals surface area contributed by atoms with Gasteiger partial charge in [-0.15, -0.1) is 0 Å². The van der Waals surface area contributed by atoms with Crippen LogP contribution in [-0.4, -0.2) is 70.6 Å². The van der Waals surface area contributed by atoms with Crippen LogP contribution < -0.4 is 5.32 Å². The number of imidazole rings is 1. The van der Waals surface area contributed by atoms with E-state index in [-0.39, 0.29) is 22.3 Å². The van der Waals surface area contributed by atoms with Crippen molar-refractivity contribution in [3.8, 4) is 0 Å². The van der Waals surface area contributed by atoms with Gasteiger partial charge in [-0.25, -0.2) is 9.37 Å². The maximum absolute atomic E-state index is 16.0. The maximum atomic E-state index is 16.0. The van der Waals surface area contributed by atoms with Crippen molar-refractivity contribution in [3.05, 3.63) is 47.5 Å². The standard InChI is InChI=1S/C18H21ClFN5O8P2/c19-17-23-15(21-6-11-4-2-1-3-5-11)13-16(24-17)25(9-22-13)18(20)8-32-12(14(18)26)7-33-35(30,31)10-34(27,28)29/h1-5,9,12,14,26H,6-8,10H2,(H,30,31)(H,21,23,24)(H2,27,28,29)/t12-,14-,18-/m1/s1. The SMILES string of the molecule is O=P(O)(O)CP(=O)(O)OC[C@H]1OC[C@@](F)(n2cnc3c(NCc4ccccc4)nc(Cl)nc32)[C@@H]1O. The molecule has 3 aromatic rings. The highest BCUT2D eigenvalue weighted by Gasteiger charge is 2.53. The van der Waals surface area contributed by atoms with E-state index in [4.69, 9.17) is 26.1 Å². The number of aliphatic hydroxyl groups is 1. The second-order valence-corrected chi connectivity index (χ2v) is 12.2. The molecule has 0 amide bonds. The number of nitrogens with zero attached hydrogens (tertiary/aromatic N) is 4. The zero-order valence-corrected chi connectivity index (χ0v) is 20.4. The van der Waals surface area contributed by atoms with Crippen molar-refractivity contribution in [2.75, 3.05) is 24.4 Å². The van der Waals surface area contributed by atoms with Crippen LogP contribution >= 0.6 is 26.8 Å². The summed E-state index contributed by atoms with van der Waals surface area (Å²) in [7, 11) is -9.57. The van der Waals surface area contributed by atoms with Crippen LogP contribution in [0.4, 0.5) is 10.2 Å². The molecule has 1 unspecified atom stereocenters. The van der Waals surface area contributed by atoms with E-state index in [0.717, 1.165) is 16.5 Å². The Bertz CT molecular complexity index is 1310. The summed E-state index contributed by atoms with van der Waals surface area (Å²) < 4.78 is 49.6.